The van der Waals surface area contributed by atoms with Crippen LogP contribution in [-0.4, -0.2) is 5.78 Å². The quantitative estimate of drug-likeness (QED) is 0.539. The van der Waals surface area contributed by atoms with Crippen molar-refractivity contribution in [2.45, 2.75) is 26.2 Å². The smallest absolute Gasteiger partial charge is 0.137 e. The first-order chi connectivity index (χ1) is 4.75. The zero-order valence-corrected chi connectivity index (χ0v) is 6.26. The first kappa shape index (κ1) is 7.34. The maximum absolute atomic E-state index is 11.1. The molecule has 0 aromatic heterocycles. The highest BCUT2D eigenvalue weighted by Gasteiger charge is 2.37. The van der Waals surface area contributed by atoms with Crippen molar-refractivity contribution in [3.8, 4) is 12.3 Å². The van der Waals surface area contributed by atoms with Gasteiger partial charge >= 0.3 is 0 Å². The maximum atomic E-state index is 11.1. The highest BCUT2D eigenvalue weighted by molar-refractivity contribution is 5.83. The van der Waals surface area contributed by atoms with E-state index in [0.29, 0.717) is 30.5 Å². The molecule has 0 aromatic rings. The Morgan fingerprint density at radius 2 is 2.40 bits per heavy atom. The zero-order valence-electron chi connectivity index (χ0n) is 6.26. The van der Waals surface area contributed by atoms with E-state index in [-0.39, 0.29) is 0 Å². The van der Waals surface area contributed by atoms with Crippen molar-refractivity contribution < 1.29 is 4.79 Å². The van der Waals surface area contributed by atoms with E-state index in [1.165, 1.54) is 0 Å². The van der Waals surface area contributed by atoms with Crippen LogP contribution in [0.3, 0.4) is 0 Å². The molecule has 0 amide bonds. The fourth-order valence-corrected chi connectivity index (χ4v) is 1.15. The molecule has 54 valence electrons. The minimum absolute atomic E-state index is 0.355. The summed E-state index contributed by atoms with van der Waals surface area (Å²) in [7, 11) is 0. The van der Waals surface area contributed by atoms with Gasteiger partial charge < -0.3 is 0 Å². The van der Waals surface area contributed by atoms with Crippen LogP contribution in [0.2, 0.25) is 0 Å². The summed E-state index contributed by atoms with van der Waals surface area (Å²) in [6, 6.07) is 0. The van der Waals surface area contributed by atoms with Gasteiger partial charge in [0.1, 0.15) is 5.78 Å². The summed E-state index contributed by atoms with van der Waals surface area (Å²) < 4.78 is 0. The van der Waals surface area contributed by atoms with Crippen molar-refractivity contribution in [2.24, 2.45) is 11.8 Å². The van der Waals surface area contributed by atoms with Gasteiger partial charge in [0, 0.05) is 18.8 Å². The van der Waals surface area contributed by atoms with Crippen LogP contribution in [0, 0.1) is 24.2 Å². The molecule has 1 aliphatic rings. The summed E-state index contributed by atoms with van der Waals surface area (Å²) in [6.07, 6.45) is 7.32. The molecule has 2 atom stereocenters. The number of carbonyl (C=O) groups is 1. The van der Waals surface area contributed by atoms with Gasteiger partial charge in [-0.3, -0.25) is 4.79 Å². The molecule has 0 radical (unpaired) electrons. The van der Waals surface area contributed by atoms with E-state index in [2.05, 4.69) is 12.8 Å². The zero-order chi connectivity index (χ0) is 7.56. The largest absolute Gasteiger partial charge is 0.299 e. The average Bonchev–Trinajstić information content (AvgIpc) is 2.62. The third kappa shape index (κ3) is 1.60. The summed E-state index contributed by atoms with van der Waals surface area (Å²) in [5.41, 5.74) is 0. The van der Waals surface area contributed by atoms with Gasteiger partial charge in [-0.25, -0.2) is 0 Å². The van der Waals surface area contributed by atoms with Crippen LogP contribution in [0.25, 0.3) is 0 Å². The van der Waals surface area contributed by atoms with Gasteiger partial charge in [0.05, 0.1) is 0 Å². The first-order valence-electron chi connectivity index (χ1n) is 3.72. The molecule has 0 heterocycles. The topological polar surface area (TPSA) is 17.1 Å². The first-order valence-corrected chi connectivity index (χ1v) is 3.72. The van der Waals surface area contributed by atoms with Crippen molar-refractivity contribution in [1.29, 1.82) is 0 Å². The molecule has 1 fully saturated rings. The Balaban J connectivity index is 2.18. The molecular weight excluding hydrogens is 124 g/mol. The van der Waals surface area contributed by atoms with Crippen molar-refractivity contribution in [3.63, 3.8) is 0 Å². The average molecular weight is 136 g/mol. The third-order valence-electron chi connectivity index (χ3n) is 2.04. The summed E-state index contributed by atoms with van der Waals surface area (Å²) in [5.74, 6) is 3.83. The molecule has 1 heteroatoms. The van der Waals surface area contributed by atoms with Crippen molar-refractivity contribution >= 4 is 5.78 Å². The molecule has 1 rings (SSSR count). The number of rotatable bonds is 3. The Kier molecular flexibility index (Phi) is 2.11. The Morgan fingerprint density at radius 3 is 2.80 bits per heavy atom. The molecule has 0 N–H and O–H groups in total. The second-order valence-corrected chi connectivity index (χ2v) is 2.99. The van der Waals surface area contributed by atoms with Gasteiger partial charge in [0.25, 0.3) is 0 Å². The van der Waals surface area contributed by atoms with Crippen LogP contribution in [0.15, 0.2) is 0 Å². The van der Waals surface area contributed by atoms with Gasteiger partial charge in [-0.05, 0) is 12.3 Å². The van der Waals surface area contributed by atoms with Crippen LogP contribution >= 0.6 is 0 Å². The molecule has 0 spiro atoms. The Bertz CT molecular complexity index is 176. The van der Waals surface area contributed by atoms with E-state index in [0.717, 1.165) is 6.42 Å². The standard InChI is InChI=1S/C9H12O/c1-3-4-5-9(10)8-6-7(8)2/h1,7-8H,4-6H2,2H3. The minimum atomic E-state index is 0.355. The maximum Gasteiger partial charge on any atom is 0.137 e. The van der Waals surface area contributed by atoms with Gasteiger partial charge in [-0.15, -0.1) is 12.3 Å². The summed E-state index contributed by atoms with van der Waals surface area (Å²) in [5, 5.41) is 0. The van der Waals surface area contributed by atoms with E-state index in [1.807, 2.05) is 0 Å². The predicted molar refractivity (Wildman–Crippen MR) is 40.3 cm³/mol. The fraction of sp³-hybridized carbons (Fsp3) is 0.667. The Morgan fingerprint density at radius 1 is 1.80 bits per heavy atom. The lowest BCUT2D eigenvalue weighted by Crippen LogP contribution is -2.00. The fourth-order valence-electron chi connectivity index (χ4n) is 1.15. The molecule has 1 aliphatic carbocycles. The van der Waals surface area contributed by atoms with Crippen LogP contribution in [0.1, 0.15) is 26.2 Å². The second-order valence-electron chi connectivity index (χ2n) is 2.99. The van der Waals surface area contributed by atoms with Gasteiger partial charge in [0.2, 0.25) is 0 Å². The summed E-state index contributed by atoms with van der Waals surface area (Å²) in [6.45, 7) is 2.11. The highest BCUT2D eigenvalue weighted by atomic mass is 16.1. The van der Waals surface area contributed by atoms with Crippen LogP contribution in [-0.2, 0) is 4.79 Å². The van der Waals surface area contributed by atoms with Crippen LogP contribution in [0.5, 0.6) is 0 Å². The lowest BCUT2D eigenvalue weighted by atomic mass is 10.1. The number of carbonyl (C=O) groups excluding carboxylic acids is 1. The van der Waals surface area contributed by atoms with E-state index in [4.69, 9.17) is 6.42 Å². The van der Waals surface area contributed by atoms with Crippen LogP contribution in [0.4, 0.5) is 0 Å². The molecule has 10 heavy (non-hydrogen) atoms. The molecule has 0 saturated heterocycles. The number of terminal acetylenes is 1. The number of Topliss-reactive ketones (excluding diaryl/α,β-unsaturated/α-hetero) is 1. The highest BCUT2D eigenvalue weighted by Crippen LogP contribution is 2.39. The lowest BCUT2D eigenvalue weighted by Gasteiger charge is -1.91. The molecule has 1 saturated carbocycles. The molecular formula is C9H12O. The number of hydrogen-bond donors (Lipinski definition) is 0. The van der Waals surface area contributed by atoms with Crippen LogP contribution < -0.4 is 0 Å². The van der Waals surface area contributed by atoms with E-state index in [9.17, 15) is 4.79 Å². The monoisotopic (exact) mass is 136 g/mol. The predicted octanol–water partition coefficient (Wildman–Crippen LogP) is 1.62. The van der Waals surface area contributed by atoms with Gasteiger partial charge in [0.15, 0.2) is 0 Å². The van der Waals surface area contributed by atoms with Gasteiger partial charge in [-0.2, -0.15) is 0 Å². The number of ketones is 1. The third-order valence-corrected chi connectivity index (χ3v) is 2.04. The van der Waals surface area contributed by atoms with E-state index in [1.54, 1.807) is 0 Å². The normalized spacial score (nSPS) is 29.2. The molecule has 0 aromatic carbocycles. The molecule has 0 aliphatic heterocycles. The minimum Gasteiger partial charge on any atom is -0.299 e. The lowest BCUT2D eigenvalue weighted by molar-refractivity contribution is -0.120. The van der Waals surface area contributed by atoms with Gasteiger partial charge in [-0.1, -0.05) is 6.92 Å². The molecule has 1 nitrogen and oxygen atoms in total. The second kappa shape index (κ2) is 2.88. The Hall–Kier alpha value is -0.770. The molecule has 0 bridgehead atoms. The van der Waals surface area contributed by atoms with Crippen molar-refractivity contribution in [3.05, 3.63) is 0 Å². The number of hydrogen-bond acceptors (Lipinski definition) is 1. The Labute approximate surface area is 61.8 Å². The van der Waals surface area contributed by atoms with Crippen molar-refractivity contribution in [2.75, 3.05) is 0 Å². The SMILES string of the molecule is C#CCCC(=O)C1CC1C. The molecule has 2 unspecified atom stereocenters. The van der Waals surface area contributed by atoms with E-state index >= 15 is 0 Å². The van der Waals surface area contributed by atoms with Crippen molar-refractivity contribution in [1.82, 2.24) is 0 Å². The van der Waals surface area contributed by atoms with E-state index < -0.39 is 0 Å². The summed E-state index contributed by atoms with van der Waals surface area (Å²) in [4.78, 5) is 11.1. The summed E-state index contributed by atoms with van der Waals surface area (Å²) >= 11 is 0.